The molecule has 0 aliphatic rings. The summed E-state index contributed by atoms with van der Waals surface area (Å²) in [7, 11) is 0. The van der Waals surface area contributed by atoms with Crippen molar-refractivity contribution in [2.45, 2.75) is 17.3 Å². The maximum absolute atomic E-state index is 8.80. The van der Waals surface area contributed by atoms with Crippen LogP contribution in [-0.4, -0.2) is 4.98 Å². The third-order valence-corrected chi connectivity index (χ3v) is 5.31. The Morgan fingerprint density at radius 1 is 1.12 bits per heavy atom. The maximum atomic E-state index is 8.80. The van der Waals surface area contributed by atoms with Gasteiger partial charge in [0.2, 0.25) is 0 Å². The van der Waals surface area contributed by atoms with Crippen LogP contribution in [0.4, 0.5) is 0 Å². The molecule has 1 heterocycles. The van der Waals surface area contributed by atoms with Gasteiger partial charge in [0, 0.05) is 21.1 Å². The molecule has 0 fully saturated rings. The summed E-state index contributed by atoms with van der Waals surface area (Å²) in [6.45, 7) is 0.452. The minimum absolute atomic E-state index is 0.452. The Morgan fingerprint density at radius 3 is 2.58 bits per heavy atom. The first-order valence-electron chi connectivity index (χ1n) is 7.17. The fourth-order valence-corrected chi connectivity index (χ4v) is 3.67. The van der Waals surface area contributed by atoms with Crippen LogP contribution >= 0.6 is 34.7 Å². The van der Waals surface area contributed by atoms with E-state index in [0.717, 1.165) is 27.1 Å². The zero-order valence-electron chi connectivity index (χ0n) is 12.6. The Balaban J connectivity index is 1.51. The molecule has 0 aliphatic heterocycles. The lowest BCUT2D eigenvalue weighted by molar-refractivity contribution is 0.305. The number of aromatic nitrogens is 1. The first-order chi connectivity index (χ1) is 11.7. The molecule has 2 aromatic carbocycles. The second-order valence-corrected chi connectivity index (χ2v) is 7.33. The first kappa shape index (κ1) is 16.8. The van der Waals surface area contributed by atoms with E-state index in [9.17, 15) is 0 Å². The van der Waals surface area contributed by atoms with Gasteiger partial charge in [0.05, 0.1) is 17.3 Å². The van der Waals surface area contributed by atoms with Crippen molar-refractivity contribution in [3.05, 3.63) is 75.2 Å². The van der Waals surface area contributed by atoms with Gasteiger partial charge in [-0.1, -0.05) is 11.6 Å². The number of thioether (sulfide) groups is 1. The zero-order chi connectivity index (χ0) is 16.8. The van der Waals surface area contributed by atoms with Crippen molar-refractivity contribution in [2.75, 3.05) is 0 Å². The van der Waals surface area contributed by atoms with E-state index in [0.29, 0.717) is 17.2 Å². The maximum Gasteiger partial charge on any atom is 0.140 e. The third-order valence-electron chi connectivity index (χ3n) is 3.15. The van der Waals surface area contributed by atoms with Crippen LogP contribution in [-0.2, 0) is 12.4 Å². The molecule has 120 valence electrons. The van der Waals surface area contributed by atoms with Crippen molar-refractivity contribution >= 4 is 34.7 Å². The Hall–Kier alpha value is -2.00. The van der Waals surface area contributed by atoms with Crippen LogP contribution in [0.3, 0.4) is 0 Å². The van der Waals surface area contributed by atoms with Crippen molar-refractivity contribution < 1.29 is 4.74 Å². The molecule has 6 heteroatoms. The molecule has 0 spiro atoms. The lowest BCUT2D eigenvalue weighted by Crippen LogP contribution is -1.95. The largest absolute Gasteiger partial charge is 0.486 e. The number of halogens is 1. The van der Waals surface area contributed by atoms with Gasteiger partial charge in [-0.15, -0.1) is 23.1 Å². The number of benzene rings is 2. The van der Waals surface area contributed by atoms with Crippen LogP contribution in [0.15, 0.2) is 58.8 Å². The number of rotatable bonds is 6. The van der Waals surface area contributed by atoms with Crippen molar-refractivity contribution in [3.63, 3.8) is 0 Å². The van der Waals surface area contributed by atoms with E-state index in [2.05, 4.69) is 16.4 Å². The van der Waals surface area contributed by atoms with Gasteiger partial charge >= 0.3 is 0 Å². The minimum atomic E-state index is 0.452. The van der Waals surface area contributed by atoms with Crippen LogP contribution in [0.5, 0.6) is 5.75 Å². The van der Waals surface area contributed by atoms with Gasteiger partial charge < -0.3 is 4.74 Å². The number of nitrogens with zero attached hydrogens (tertiary/aromatic N) is 2. The number of hydrogen-bond acceptors (Lipinski definition) is 5. The molecule has 0 amide bonds. The van der Waals surface area contributed by atoms with Crippen LogP contribution in [0, 0.1) is 11.3 Å². The number of nitriles is 1. The molecular weight excluding hydrogens is 360 g/mol. The number of ether oxygens (including phenoxy) is 1. The molecule has 0 radical (unpaired) electrons. The monoisotopic (exact) mass is 372 g/mol. The molecule has 0 unspecified atom stereocenters. The molecule has 3 nitrogen and oxygen atoms in total. The summed E-state index contributed by atoms with van der Waals surface area (Å²) < 4.78 is 5.70. The van der Waals surface area contributed by atoms with E-state index >= 15 is 0 Å². The predicted octanol–water partition coefficient (Wildman–Crippen LogP) is 5.54. The normalized spacial score (nSPS) is 10.3. The molecule has 0 saturated heterocycles. The van der Waals surface area contributed by atoms with E-state index in [1.807, 2.05) is 36.4 Å². The van der Waals surface area contributed by atoms with Crippen LogP contribution in [0.2, 0.25) is 5.02 Å². The van der Waals surface area contributed by atoms with Gasteiger partial charge in [-0.2, -0.15) is 5.26 Å². The highest BCUT2D eigenvalue weighted by molar-refractivity contribution is 7.98. The van der Waals surface area contributed by atoms with Gasteiger partial charge in [0.25, 0.3) is 0 Å². The van der Waals surface area contributed by atoms with Crippen LogP contribution in [0.25, 0.3) is 0 Å². The Bertz CT molecular complexity index is 839. The molecular formula is C18H13ClN2OS2. The second kappa shape index (κ2) is 8.20. The van der Waals surface area contributed by atoms with Gasteiger partial charge in [-0.3, -0.25) is 0 Å². The van der Waals surface area contributed by atoms with Gasteiger partial charge in [0.15, 0.2) is 0 Å². The van der Waals surface area contributed by atoms with E-state index in [-0.39, 0.29) is 0 Å². The van der Waals surface area contributed by atoms with Crippen molar-refractivity contribution in [2.24, 2.45) is 0 Å². The fourth-order valence-electron chi connectivity index (χ4n) is 1.94. The smallest absolute Gasteiger partial charge is 0.140 e. The lowest BCUT2D eigenvalue weighted by atomic mass is 10.2. The summed E-state index contributed by atoms with van der Waals surface area (Å²) >= 11 is 9.15. The molecule has 24 heavy (non-hydrogen) atoms. The highest BCUT2D eigenvalue weighted by Crippen LogP contribution is 2.24. The molecule has 0 N–H and O–H groups in total. The van der Waals surface area contributed by atoms with Gasteiger partial charge in [0.1, 0.15) is 17.4 Å². The van der Waals surface area contributed by atoms with Gasteiger partial charge in [-0.05, 0) is 48.5 Å². The average molecular weight is 373 g/mol. The average Bonchev–Trinajstić information content (AvgIpc) is 3.08. The predicted molar refractivity (Wildman–Crippen MR) is 98.6 cm³/mol. The second-order valence-electron chi connectivity index (χ2n) is 4.90. The highest BCUT2D eigenvalue weighted by atomic mass is 35.5. The molecule has 1 aromatic heterocycles. The molecule has 0 aliphatic carbocycles. The van der Waals surface area contributed by atoms with E-state index in [4.69, 9.17) is 21.6 Å². The fraction of sp³-hybridized carbons (Fsp3) is 0.111. The SMILES string of the molecule is N#Cc1ccc(SCc2csc(COc3ccc(Cl)cc3)n2)cc1. The molecule has 0 atom stereocenters. The lowest BCUT2D eigenvalue weighted by Gasteiger charge is -2.03. The van der Waals surface area contributed by atoms with E-state index in [1.54, 1.807) is 35.2 Å². The zero-order valence-corrected chi connectivity index (χ0v) is 15.0. The van der Waals surface area contributed by atoms with Gasteiger partial charge in [-0.25, -0.2) is 4.98 Å². The Labute approximate surface area is 153 Å². The van der Waals surface area contributed by atoms with Crippen molar-refractivity contribution in [3.8, 4) is 11.8 Å². The molecule has 0 bridgehead atoms. The summed E-state index contributed by atoms with van der Waals surface area (Å²) in [5, 5.41) is 12.5. The first-order valence-corrected chi connectivity index (χ1v) is 9.42. The van der Waals surface area contributed by atoms with Crippen molar-refractivity contribution in [1.82, 2.24) is 4.98 Å². The Kier molecular flexibility index (Phi) is 5.76. The topological polar surface area (TPSA) is 45.9 Å². The standard InChI is InChI=1S/C18H13ClN2OS2/c19-14-3-5-16(6-4-14)22-10-18-21-15(12-24-18)11-23-17-7-1-13(9-20)2-8-17/h1-8,12H,10-11H2. The number of thiazole rings is 1. The third kappa shape index (κ3) is 4.75. The van der Waals surface area contributed by atoms with Crippen LogP contribution in [0.1, 0.15) is 16.3 Å². The van der Waals surface area contributed by atoms with E-state index < -0.39 is 0 Å². The number of hydrogen-bond donors (Lipinski definition) is 0. The van der Waals surface area contributed by atoms with Crippen molar-refractivity contribution in [1.29, 1.82) is 5.26 Å². The summed E-state index contributed by atoms with van der Waals surface area (Å²) in [6, 6.07) is 17.0. The molecule has 3 aromatic rings. The molecule has 0 saturated carbocycles. The van der Waals surface area contributed by atoms with Crippen LogP contribution < -0.4 is 4.74 Å². The highest BCUT2D eigenvalue weighted by Gasteiger charge is 2.04. The summed E-state index contributed by atoms with van der Waals surface area (Å²) in [6.07, 6.45) is 0. The summed E-state index contributed by atoms with van der Waals surface area (Å²) in [4.78, 5) is 5.71. The quantitative estimate of drug-likeness (QED) is 0.533. The van der Waals surface area contributed by atoms with E-state index in [1.165, 1.54) is 0 Å². The minimum Gasteiger partial charge on any atom is -0.486 e. The Morgan fingerprint density at radius 2 is 1.88 bits per heavy atom. The molecule has 3 rings (SSSR count). The summed E-state index contributed by atoms with van der Waals surface area (Å²) in [5.74, 6) is 1.58. The summed E-state index contributed by atoms with van der Waals surface area (Å²) in [5.41, 5.74) is 1.71.